The fourth-order valence-corrected chi connectivity index (χ4v) is 3.86. The quantitative estimate of drug-likeness (QED) is 0.756. The van der Waals surface area contributed by atoms with Crippen molar-refractivity contribution in [2.75, 3.05) is 0 Å². The van der Waals surface area contributed by atoms with Gasteiger partial charge in [0.1, 0.15) is 0 Å². The van der Waals surface area contributed by atoms with Gasteiger partial charge in [-0.25, -0.2) is 0 Å². The Hall–Kier alpha value is -1.49. The van der Waals surface area contributed by atoms with Crippen LogP contribution in [0.3, 0.4) is 0 Å². The highest BCUT2D eigenvalue weighted by atomic mass is 32.1. The van der Waals surface area contributed by atoms with Gasteiger partial charge in [0.25, 0.3) is 0 Å². The molecule has 0 amide bonds. The lowest BCUT2D eigenvalue weighted by Crippen LogP contribution is -2.20. The van der Waals surface area contributed by atoms with E-state index in [9.17, 15) is 0 Å². The molecule has 0 aliphatic carbocycles. The van der Waals surface area contributed by atoms with Crippen molar-refractivity contribution in [2.24, 2.45) is 0 Å². The molecule has 3 heterocycles. The van der Waals surface area contributed by atoms with Crippen LogP contribution in [0.25, 0.3) is 0 Å². The number of aromatic nitrogens is 1. The minimum absolute atomic E-state index is 0.273. The van der Waals surface area contributed by atoms with Crippen LogP contribution in [0.15, 0.2) is 53.5 Å². The molecule has 0 spiro atoms. The van der Waals surface area contributed by atoms with Crippen molar-refractivity contribution in [1.82, 2.24) is 10.3 Å². The van der Waals surface area contributed by atoms with Crippen LogP contribution in [0.5, 0.6) is 0 Å². The van der Waals surface area contributed by atoms with E-state index in [2.05, 4.69) is 58.3 Å². The summed E-state index contributed by atoms with van der Waals surface area (Å²) in [6, 6.07) is 10.9. The zero-order valence-corrected chi connectivity index (χ0v) is 12.9. The lowest BCUT2D eigenvalue weighted by molar-refractivity contribution is 0.618. The molecule has 0 atom stereocenters. The van der Waals surface area contributed by atoms with Gasteiger partial charge in [-0.05, 0) is 47.0 Å². The van der Waals surface area contributed by atoms with Gasteiger partial charge < -0.3 is 5.32 Å². The fourth-order valence-electron chi connectivity index (χ4n) is 2.15. The summed E-state index contributed by atoms with van der Waals surface area (Å²) >= 11 is 3.59. The zero-order chi connectivity index (χ0) is 13.8. The van der Waals surface area contributed by atoms with Crippen molar-refractivity contribution < 1.29 is 0 Å². The Balaban J connectivity index is 1.80. The van der Waals surface area contributed by atoms with Crippen LogP contribution in [0, 0.1) is 6.92 Å². The van der Waals surface area contributed by atoms with E-state index < -0.39 is 0 Å². The van der Waals surface area contributed by atoms with Gasteiger partial charge in [-0.3, -0.25) is 4.98 Å². The smallest absolute Gasteiger partial charge is 0.0767 e. The Morgan fingerprint density at radius 1 is 1.10 bits per heavy atom. The highest BCUT2D eigenvalue weighted by Gasteiger charge is 2.15. The molecule has 0 fully saturated rings. The van der Waals surface area contributed by atoms with E-state index in [0.29, 0.717) is 0 Å². The molecule has 2 nitrogen and oxygen atoms in total. The number of hydrogen-bond donors (Lipinski definition) is 1. The number of nitrogens with zero attached hydrogens (tertiary/aromatic N) is 1. The van der Waals surface area contributed by atoms with Crippen molar-refractivity contribution in [2.45, 2.75) is 19.5 Å². The van der Waals surface area contributed by atoms with Crippen LogP contribution < -0.4 is 5.32 Å². The van der Waals surface area contributed by atoms with Crippen LogP contribution in [0.2, 0.25) is 0 Å². The number of nitrogens with one attached hydrogen (secondary N) is 1. The number of thiophene rings is 2. The normalized spacial score (nSPS) is 11.1. The van der Waals surface area contributed by atoms with Gasteiger partial charge in [0, 0.05) is 28.7 Å². The summed E-state index contributed by atoms with van der Waals surface area (Å²) in [6.45, 7) is 2.96. The standard InChI is InChI=1S/C16H16N2S2/c1-12-6-7-17-10-13(12)11-18-16(14-4-2-8-19-14)15-5-3-9-20-15/h2-10,16,18H,11H2,1H3. The highest BCUT2D eigenvalue weighted by molar-refractivity contribution is 7.11. The molecular formula is C16H16N2S2. The maximum absolute atomic E-state index is 4.21. The van der Waals surface area contributed by atoms with Crippen LogP contribution in [-0.4, -0.2) is 4.98 Å². The van der Waals surface area contributed by atoms with Crippen LogP contribution in [-0.2, 0) is 6.54 Å². The molecule has 0 radical (unpaired) electrons. The maximum atomic E-state index is 4.21. The van der Waals surface area contributed by atoms with Gasteiger partial charge in [-0.1, -0.05) is 12.1 Å². The van der Waals surface area contributed by atoms with E-state index >= 15 is 0 Å². The van der Waals surface area contributed by atoms with Crippen molar-refractivity contribution in [1.29, 1.82) is 0 Å². The van der Waals surface area contributed by atoms with E-state index in [4.69, 9.17) is 0 Å². The summed E-state index contributed by atoms with van der Waals surface area (Å²) in [5, 5.41) is 7.93. The molecule has 102 valence electrons. The van der Waals surface area contributed by atoms with Gasteiger partial charge in [-0.15, -0.1) is 22.7 Å². The summed E-state index contributed by atoms with van der Waals surface area (Å²) in [5.74, 6) is 0. The molecule has 1 N–H and O–H groups in total. The predicted molar refractivity (Wildman–Crippen MR) is 86.3 cm³/mol. The van der Waals surface area contributed by atoms with E-state index in [-0.39, 0.29) is 6.04 Å². The van der Waals surface area contributed by atoms with Crippen LogP contribution in [0.4, 0.5) is 0 Å². The van der Waals surface area contributed by atoms with E-state index in [0.717, 1.165) is 6.54 Å². The fraction of sp³-hybridized carbons (Fsp3) is 0.188. The van der Waals surface area contributed by atoms with Crippen molar-refractivity contribution >= 4 is 22.7 Å². The number of pyridine rings is 1. The van der Waals surface area contributed by atoms with Gasteiger partial charge in [-0.2, -0.15) is 0 Å². The van der Waals surface area contributed by atoms with Crippen molar-refractivity contribution in [3.8, 4) is 0 Å². The number of rotatable bonds is 5. The molecule has 0 unspecified atom stereocenters. The van der Waals surface area contributed by atoms with E-state index in [1.165, 1.54) is 20.9 Å². The summed E-state index contributed by atoms with van der Waals surface area (Å²) < 4.78 is 0. The van der Waals surface area contributed by atoms with E-state index in [1.807, 2.05) is 12.4 Å². The summed E-state index contributed by atoms with van der Waals surface area (Å²) in [5.41, 5.74) is 2.54. The molecule has 0 bridgehead atoms. The molecule has 0 saturated heterocycles. The third-order valence-corrected chi connectivity index (χ3v) is 5.17. The Morgan fingerprint density at radius 3 is 2.35 bits per heavy atom. The summed E-state index contributed by atoms with van der Waals surface area (Å²) in [6.07, 6.45) is 3.79. The highest BCUT2D eigenvalue weighted by Crippen LogP contribution is 2.29. The second kappa shape index (κ2) is 6.31. The molecule has 0 aliphatic rings. The topological polar surface area (TPSA) is 24.9 Å². The monoisotopic (exact) mass is 300 g/mol. The first-order valence-corrected chi connectivity index (χ1v) is 8.30. The van der Waals surface area contributed by atoms with Crippen LogP contribution in [0.1, 0.15) is 26.9 Å². The van der Waals surface area contributed by atoms with Gasteiger partial charge in [0.2, 0.25) is 0 Å². The lowest BCUT2D eigenvalue weighted by Gasteiger charge is -2.17. The third-order valence-electron chi connectivity index (χ3n) is 3.30. The van der Waals surface area contributed by atoms with Crippen molar-refractivity contribution in [3.05, 3.63) is 74.4 Å². The first kappa shape index (κ1) is 13.5. The summed E-state index contributed by atoms with van der Waals surface area (Å²) in [7, 11) is 0. The molecular weight excluding hydrogens is 284 g/mol. The zero-order valence-electron chi connectivity index (χ0n) is 11.2. The average Bonchev–Trinajstić information content (AvgIpc) is 3.14. The molecule has 0 aliphatic heterocycles. The Bertz CT molecular complexity index is 611. The molecule has 0 aromatic carbocycles. The molecule has 3 rings (SSSR count). The first-order valence-electron chi connectivity index (χ1n) is 6.54. The molecule has 4 heteroatoms. The maximum Gasteiger partial charge on any atom is 0.0767 e. The largest absolute Gasteiger partial charge is 0.301 e. The Kier molecular flexibility index (Phi) is 4.25. The second-order valence-electron chi connectivity index (χ2n) is 4.65. The average molecular weight is 300 g/mol. The number of aryl methyl sites for hydroxylation is 1. The van der Waals surface area contributed by atoms with E-state index in [1.54, 1.807) is 22.7 Å². The molecule has 3 aromatic heterocycles. The minimum Gasteiger partial charge on any atom is -0.301 e. The number of hydrogen-bond acceptors (Lipinski definition) is 4. The first-order chi connectivity index (χ1) is 9.84. The molecule has 0 saturated carbocycles. The SMILES string of the molecule is Cc1ccncc1CNC(c1cccs1)c1cccs1. The summed E-state index contributed by atoms with van der Waals surface area (Å²) in [4.78, 5) is 6.93. The van der Waals surface area contributed by atoms with Crippen LogP contribution >= 0.6 is 22.7 Å². The minimum atomic E-state index is 0.273. The Morgan fingerprint density at radius 2 is 1.80 bits per heavy atom. The van der Waals surface area contributed by atoms with Gasteiger partial charge in [0.15, 0.2) is 0 Å². The second-order valence-corrected chi connectivity index (χ2v) is 6.61. The third kappa shape index (κ3) is 2.98. The van der Waals surface area contributed by atoms with Gasteiger partial charge >= 0.3 is 0 Å². The predicted octanol–water partition coefficient (Wildman–Crippen LogP) is 4.39. The van der Waals surface area contributed by atoms with Gasteiger partial charge in [0.05, 0.1) is 6.04 Å². The molecule has 20 heavy (non-hydrogen) atoms. The van der Waals surface area contributed by atoms with Crippen molar-refractivity contribution in [3.63, 3.8) is 0 Å². The molecule has 3 aromatic rings. The Labute approximate surface area is 127 Å². The lowest BCUT2D eigenvalue weighted by atomic mass is 10.1.